The number of aromatic nitrogens is 2. The number of aryl methyl sites for hydroxylation is 1. The highest BCUT2D eigenvalue weighted by Gasteiger charge is 2.14. The minimum atomic E-state index is -0.162. The van der Waals surface area contributed by atoms with Gasteiger partial charge in [0.05, 0.1) is 12.0 Å². The SMILES string of the molecule is Cc1ccoc1-c1nc(-c2ccccc2)c(I)c(=O)[nH]1. The Balaban J connectivity index is 2.24. The topological polar surface area (TPSA) is 58.9 Å². The molecule has 1 aromatic carbocycles. The number of hydrogen-bond donors (Lipinski definition) is 1. The van der Waals surface area contributed by atoms with Crippen molar-refractivity contribution in [3.8, 4) is 22.8 Å². The first-order valence-electron chi connectivity index (χ1n) is 6.06. The van der Waals surface area contributed by atoms with Gasteiger partial charge < -0.3 is 9.40 Å². The van der Waals surface area contributed by atoms with Gasteiger partial charge in [0.25, 0.3) is 5.56 Å². The molecule has 0 amide bonds. The molecular weight excluding hydrogens is 367 g/mol. The van der Waals surface area contributed by atoms with Gasteiger partial charge in [-0.3, -0.25) is 4.79 Å². The molecule has 0 unspecified atom stereocenters. The summed E-state index contributed by atoms with van der Waals surface area (Å²) >= 11 is 2.01. The van der Waals surface area contributed by atoms with E-state index in [1.165, 1.54) is 0 Å². The van der Waals surface area contributed by atoms with Crippen LogP contribution >= 0.6 is 22.6 Å². The standard InChI is InChI=1S/C15H11IN2O2/c1-9-7-8-20-13(9)14-17-12(11(16)15(19)18-14)10-5-3-2-4-6-10/h2-8H,1H3,(H,17,18,19). The summed E-state index contributed by atoms with van der Waals surface area (Å²) in [5.74, 6) is 1.05. The van der Waals surface area contributed by atoms with E-state index in [1.807, 2.05) is 65.9 Å². The zero-order valence-electron chi connectivity index (χ0n) is 10.7. The first kappa shape index (κ1) is 13.1. The summed E-state index contributed by atoms with van der Waals surface area (Å²) in [6, 6.07) is 11.5. The highest BCUT2D eigenvalue weighted by atomic mass is 127. The Bertz CT molecular complexity index is 806. The maximum atomic E-state index is 12.1. The summed E-state index contributed by atoms with van der Waals surface area (Å²) in [6.45, 7) is 1.92. The van der Waals surface area contributed by atoms with Crippen LogP contribution in [-0.2, 0) is 0 Å². The van der Waals surface area contributed by atoms with E-state index in [1.54, 1.807) is 6.26 Å². The average Bonchev–Trinajstić information content (AvgIpc) is 2.89. The van der Waals surface area contributed by atoms with Crippen molar-refractivity contribution in [1.82, 2.24) is 9.97 Å². The predicted octanol–water partition coefficient (Wildman–Crippen LogP) is 3.61. The van der Waals surface area contributed by atoms with Crippen molar-refractivity contribution >= 4 is 22.6 Å². The minimum absolute atomic E-state index is 0.162. The quantitative estimate of drug-likeness (QED) is 0.694. The van der Waals surface area contributed by atoms with E-state index in [-0.39, 0.29) is 5.56 Å². The van der Waals surface area contributed by atoms with Crippen molar-refractivity contribution in [2.24, 2.45) is 0 Å². The molecule has 3 aromatic rings. The minimum Gasteiger partial charge on any atom is -0.461 e. The molecule has 2 heterocycles. The fourth-order valence-electron chi connectivity index (χ4n) is 1.97. The number of rotatable bonds is 2. The second kappa shape index (κ2) is 5.24. The van der Waals surface area contributed by atoms with Gasteiger partial charge in [-0.2, -0.15) is 0 Å². The third kappa shape index (κ3) is 2.29. The summed E-state index contributed by atoms with van der Waals surface area (Å²) in [4.78, 5) is 19.4. The zero-order chi connectivity index (χ0) is 14.1. The Hall–Kier alpha value is -1.89. The van der Waals surface area contributed by atoms with Gasteiger partial charge in [-0.05, 0) is 41.1 Å². The largest absolute Gasteiger partial charge is 0.461 e. The van der Waals surface area contributed by atoms with Gasteiger partial charge in [0.2, 0.25) is 0 Å². The van der Waals surface area contributed by atoms with E-state index in [2.05, 4.69) is 9.97 Å². The number of hydrogen-bond acceptors (Lipinski definition) is 3. The molecule has 20 heavy (non-hydrogen) atoms. The molecule has 0 saturated heterocycles. The number of benzene rings is 1. The van der Waals surface area contributed by atoms with Gasteiger partial charge in [0.15, 0.2) is 11.6 Å². The lowest BCUT2D eigenvalue weighted by molar-refractivity contribution is 0.575. The van der Waals surface area contributed by atoms with Crippen LogP contribution in [0.1, 0.15) is 5.56 Å². The first-order valence-corrected chi connectivity index (χ1v) is 7.14. The van der Waals surface area contributed by atoms with Crippen LogP contribution in [0.15, 0.2) is 51.9 Å². The second-order valence-corrected chi connectivity index (χ2v) is 5.45. The molecule has 0 spiro atoms. The molecule has 4 nitrogen and oxygen atoms in total. The van der Waals surface area contributed by atoms with Gasteiger partial charge in [-0.25, -0.2) is 4.98 Å². The molecular formula is C15H11IN2O2. The summed E-state index contributed by atoms with van der Waals surface area (Å²) in [7, 11) is 0. The lowest BCUT2D eigenvalue weighted by Gasteiger charge is -2.06. The maximum Gasteiger partial charge on any atom is 0.265 e. The Labute approximate surface area is 129 Å². The molecule has 0 bridgehead atoms. The molecule has 0 aliphatic rings. The number of aromatic amines is 1. The van der Waals surface area contributed by atoms with Crippen LogP contribution in [0.5, 0.6) is 0 Å². The van der Waals surface area contributed by atoms with Crippen molar-refractivity contribution in [2.45, 2.75) is 6.92 Å². The molecule has 1 N–H and O–H groups in total. The molecule has 0 atom stereocenters. The van der Waals surface area contributed by atoms with Gasteiger partial charge in [0, 0.05) is 5.56 Å². The fraction of sp³-hybridized carbons (Fsp3) is 0.0667. The molecule has 3 rings (SSSR count). The van der Waals surface area contributed by atoms with Crippen LogP contribution in [0.3, 0.4) is 0 Å². The molecule has 5 heteroatoms. The van der Waals surface area contributed by atoms with Crippen LogP contribution in [0.25, 0.3) is 22.8 Å². The van der Waals surface area contributed by atoms with Crippen LogP contribution in [-0.4, -0.2) is 9.97 Å². The highest BCUT2D eigenvalue weighted by molar-refractivity contribution is 14.1. The number of furan rings is 1. The summed E-state index contributed by atoms with van der Waals surface area (Å²) in [5, 5.41) is 0. The average molecular weight is 378 g/mol. The van der Waals surface area contributed by atoms with E-state index in [0.717, 1.165) is 11.1 Å². The lowest BCUT2D eigenvalue weighted by Crippen LogP contribution is -2.14. The van der Waals surface area contributed by atoms with Gasteiger partial charge >= 0.3 is 0 Å². The second-order valence-electron chi connectivity index (χ2n) is 4.38. The van der Waals surface area contributed by atoms with E-state index >= 15 is 0 Å². The summed E-state index contributed by atoms with van der Waals surface area (Å²) in [6.07, 6.45) is 1.59. The van der Waals surface area contributed by atoms with Crippen LogP contribution in [0.2, 0.25) is 0 Å². The molecule has 100 valence electrons. The summed E-state index contributed by atoms with van der Waals surface area (Å²) < 4.78 is 5.97. The molecule has 2 aromatic heterocycles. The van der Waals surface area contributed by atoms with E-state index < -0.39 is 0 Å². The number of nitrogens with zero attached hydrogens (tertiary/aromatic N) is 1. The summed E-state index contributed by atoms with van der Waals surface area (Å²) in [5.41, 5.74) is 2.35. The molecule has 0 aliphatic heterocycles. The normalized spacial score (nSPS) is 10.7. The van der Waals surface area contributed by atoms with Crippen molar-refractivity contribution in [3.63, 3.8) is 0 Å². The zero-order valence-corrected chi connectivity index (χ0v) is 12.8. The molecule has 0 fully saturated rings. The Kier molecular flexibility index (Phi) is 3.43. The Morgan fingerprint density at radius 2 is 1.95 bits per heavy atom. The van der Waals surface area contributed by atoms with E-state index in [4.69, 9.17) is 4.42 Å². The van der Waals surface area contributed by atoms with Crippen molar-refractivity contribution in [3.05, 3.63) is 62.1 Å². The number of nitrogens with one attached hydrogen (secondary N) is 1. The monoisotopic (exact) mass is 378 g/mol. The van der Waals surface area contributed by atoms with E-state index in [9.17, 15) is 4.79 Å². The Morgan fingerprint density at radius 1 is 1.20 bits per heavy atom. The van der Waals surface area contributed by atoms with Gasteiger partial charge in [-0.15, -0.1) is 0 Å². The predicted molar refractivity (Wildman–Crippen MR) is 85.4 cm³/mol. The maximum absolute atomic E-state index is 12.1. The molecule has 0 aliphatic carbocycles. The molecule has 0 saturated carbocycles. The van der Waals surface area contributed by atoms with E-state index in [0.29, 0.717) is 20.8 Å². The van der Waals surface area contributed by atoms with Crippen LogP contribution < -0.4 is 5.56 Å². The highest BCUT2D eigenvalue weighted by Crippen LogP contribution is 2.25. The number of H-pyrrole nitrogens is 1. The van der Waals surface area contributed by atoms with Crippen LogP contribution in [0.4, 0.5) is 0 Å². The van der Waals surface area contributed by atoms with Crippen molar-refractivity contribution in [1.29, 1.82) is 0 Å². The lowest BCUT2D eigenvalue weighted by atomic mass is 10.1. The fourth-order valence-corrected chi connectivity index (χ4v) is 2.54. The van der Waals surface area contributed by atoms with Gasteiger partial charge in [-0.1, -0.05) is 30.3 Å². The van der Waals surface area contributed by atoms with Crippen LogP contribution in [0, 0.1) is 10.5 Å². The first-order chi connectivity index (χ1) is 9.66. The van der Waals surface area contributed by atoms with Gasteiger partial charge in [0.1, 0.15) is 3.57 Å². The third-order valence-electron chi connectivity index (χ3n) is 2.99. The smallest absolute Gasteiger partial charge is 0.265 e. The third-order valence-corrected chi connectivity index (χ3v) is 3.99. The number of halogens is 1. The Morgan fingerprint density at radius 3 is 2.60 bits per heavy atom. The van der Waals surface area contributed by atoms with Crippen molar-refractivity contribution in [2.75, 3.05) is 0 Å². The van der Waals surface area contributed by atoms with Crippen molar-refractivity contribution < 1.29 is 4.42 Å². The molecule has 0 radical (unpaired) electrons.